The summed E-state index contributed by atoms with van der Waals surface area (Å²) in [5.74, 6) is -1.28. The molecule has 2 amide bonds. The number of rotatable bonds is 11. The number of nitrogen functional groups attached to an aromatic ring is 1. The average molecular weight is 583 g/mol. The molecule has 0 bridgehead atoms. The van der Waals surface area contributed by atoms with Crippen molar-refractivity contribution in [1.82, 2.24) is 5.32 Å². The Bertz CT molecular complexity index is 1460. The summed E-state index contributed by atoms with van der Waals surface area (Å²) in [6, 6.07) is 20.4. The summed E-state index contributed by atoms with van der Waals surface area (Å²) in [6.07, 6.45) is 8.48. The van der Waals surface area contributed by atoms with E-state index in [0.717, 1.165) is 48.2 Å². The summed E-state index contributed by atoms with van der Waals surface area (Å²) in [7, 11) is 0. The zero-order valence-corrected chi connectivity index (χ0v) is 24.3. The van der Waals surface area contributed by atoms with Crippen molar-refractivity contribution in [3.05, 3.63) is 95.6 Å². The minimum atomic E-state index is -1.19. The fourth-order valence-corrected chi connectivity index (χ4v) is 5.02. The van der Waals surface area contributed by atoms with Gasteiger partial charge in [-0.15, -0.1) is 0 Å². The lowest BCUT2D eigenvalue weighted by atomic mass is 9.82. The Morgan fingerprint density at radius 2 is 1.74 bits per heavy atom. The van der Waals surface area contributed by atoms with E-state index in [1.165, 1.54) is 12.5 Å². The van der Waals surface area contributed by atoms with E-state index in [2.05, 4.69) is 10.6 Å². The van der Waals surface area contributed by atoms with Crippen molar-refractivity contribution in [2.45, 2.75) is 45.1 Å². The van der Waals surface area contributed by atoms with Gasteiger partial charge in [0.15, 0.2) is 0 Å². The second-order valence-electron chi connectivity index (χ2n) is 10.4. The third-order valence-electron chi connectivity index (χ3n) is 7.27. The number of nitrogens with one attached hydrogen (secondary N) is 2. The molecule has 43 heavy (non-hydrogen) atoms. The number of carbonyl (C=O) groups is 3. The van der Waals surface area contributed by atoms with E-state index < -0.39 is 30.4 Å². The molecule has 224 valence electrons. The van der Waals surface area contributed by atoms with Crippen LogP contribution in [0.15, 0.2) is 83.9 Å². The van der Waals surface area contributed by atoms with E-state index in [9.17, 15) is 19.5 Å². The first kappa shape index (κ1) is 31.2. The summed E-state index contributed by atoms with van der Waals surface area (Å²) in [4.78, 5) is 42.4. The van der Waals surface area contributed by atoms with Crippen molar-refractivity contribution in [2.75, 3.05) is 24.3 Å². The van der Waals surface area contributed by atoms with Crippen LogP contribution >= 0.6 is 0 Å². The molecule has 1 atom stereocenters. The first-order chi connectivity index (χ1) is 20.9. The Balaban J connectivity index is 1.43. The van der Waals surface area contributed by atoms with Crippen LogP contribution in [0.4, 0.5) is 17.1 Å². The predicted octanol–water partition coefficient (Wildman–Crippen LogP) is 5.28. The largest absolute Gasteiger partial charge is 0.463 e. The fraction of sp³-hybridized carbons (Fsp3) is 0.294. The number of nitrogens with two attached hydrogens (primary N) is 1. The van der Waals surface area contributed by atoms with E-state index in [1.54, 1.807) is 49.4 Å². The van der Waals surface area contributed by atoms with Gasteiger partial charge in [-0.05, 0) is 67.8 Å². The van der Waals surface area contributed by atoms with Crippen molar-refractivity contribution in [3.8, 4) is 0 Å². The molecule has 9 nitrogen and oxygen atoms in total. The van der Waals surface area contributed by atoms with Crippen molar-refractivity contribution in [1.29, 1.82) is 0 Å². The third-order valence-corrected chi connectivity index (χ3v) is 7.27. The third kappa shape index (κ3) is 8.86. The van der Waals surface area contributed by atoms with Crippen LogP contribution in [0, 0.1) is 5.92 Å². The highest BCUT2D eigenvalue weighted by Crippen LogP contribution is 2.31. The molecule has 1 saturated carbocycles. The maximum Gasteiger partial charge on any atom is 0.330 e. The summed E-state index contributed by atoms with van der Waals surface area (Å²) in [6.45, 7) is 1.43. The quantitative estimate of drug-likeness (QED) is 0.105. The number of nitrogens with zero attached hydrogens (tertiary/aromatic N) is 1. The van der Waals surface area contributed by atoms with E-state index in [4.69, 9.17) is 15.5 Å². The van der Waals surface area contributed by atoms with Crippen LogP contribution in [0.25, 0.3) is 6.08 Å². The molecule has 0 saturated heterocycles. The van der Waals surface area contributed by atoms with Crippen molar-refractivity contribution in [2.24, 2.45) is 10.9 Å². The lowest BCUT2D eigenvalue weighted by Crippen LogP contribution is -2.46. The summed E-state index contributed by atoms with van der Waals surface area (Å²) < 4.78 is 4.86. The molecule has 0 radical (unpaired) electrons. The Morgan fingerprint density at radius 3 is 2.40 bits per heavy atom. The Kier molecular flexibility index (Phi) is 11.2. The number of para-hydroxylation sites is 1. The normalized spacial score (nSPS) is 14.7. The van der Waals surface area contributed by atoms with Crippen LogP contribution in [0.3, 0.4) is 0 Å². The first-order valence-corrected chi connectivity index (χ1v) is 14.6. The number of ether oxygens (including phenoxy) is 1. The molecule has 0 aromatic heterocycles. The molecule has 5 N–H and O–H groups in total. The minimum absolute atomic E-state index is 0.271. The molecule has 3 aromatic carbocycles. The second kappa shape index (κ2) is 15.5. The number of hydrogen-bond donors (Lipinski definition) is 4. The minimum Gasteiger partial charge on any atom is -0.463 e. The Hall–Kier alpha value is -4.76. The second-order valence-corrected chi connectivity index (χ2v) is 10.4. The molecule has 1 unspecified atom stereocenters. The van der Waals surface area contributed by atoms with Gasteiger partial charge in [-0.3, -0.25) is 14.6 Å². The van der Waals surface area contributed by atoms with E-state index in [1.807, 2.05) is 36.4 Å². The van der Waals surface area contributed by atoms with Crippen molar-refractivity contribution in [3.63, 3.8) is 0 Å². The highest BCUT2D eigenvalue weighted by Gasteiger charge is 2.24. The number of esters is 1. The van der Waals surface area contributed by atoms with Gasteiger partial charge in [0, 0.05) is 34.5 Å². The molecular weight excluding hydrogens is 544 g/mol. The topological polar surface area (TPSA) is 143 Å². The summed E-state index contributed by atoms with van der Waals surface area (Å²) in [5, 5.41) is 15.1. The average Bonchev–Trinajstić information content (AvgIpc) is 3.03. The molecule has 0 aliphatic heterocycles. The van der Waals surface area contributed by atoms with Gasteiger partial charge in [-0.1, -0.05) is 55.7 Å². The number of amides is 2. The van der Waals surface area contributed by atoms with E-state index in [-0.39, 0.29) is 11.5 Å². The molecule has 3 aromatic rings. The highest BCUT2D eigenvalue weighted by atomic mass is 16.5. The smallest absolute Gasteiger partial charge is 0.330 e. The zero-order valence-electron chi connectivity index (χ0n) is 24.3. The van der Waals surface area contributed by atoms with Gasteiger partial charge in [0.2, 0.25) is 5.91 Å². The first-order valence-electron chi connectivity index (χ1n) is 14.6. The van der Waals surface area contributed by atoms with Gasteiger partial charge in [0.05, 0.1) is 24.6 Å². The number of hydrogen-bond acceptors (Lipinski definition) is 7. The lowest BCUT2D eigenvalue weighted by Gasteiger charge is -2.25. The summed E-state index contributed by atoms with van der Waals surface area (Å²) in [5.41, 5.74) is 11.0. The van der Waals surface area contributed by atoms with Crippen LogP contribution in [-0.2, 0) is 14.3 Å². The van der Waals surface area contributed by atoms with E-state index >= 15 is 0 Å². The maximum absolute atomic E-state index is 13.1. The molecule has 4 rings (SSSR count). The zero-order chi connectivity index (χ0) is 30.6. The monoisotopic (exact) mass is 582 g/mol. The number of aliphatic imine (C=N–C) groups is 1. The van der Waals surface area contributed by atoms with Crippen molar-refractivity contribution < 1.29 is 24.2 Å². The van der Waals surface area contributed by atoms with Gasteiger partial charge >= 0.3 is 5.97 Å². The Labute approximate surface area is 251 Å². The van der Waals surface area contributed by atoms with Gasteiger partial charge < -0.3 is 26.2 Å². The molecule has 1 aliphatic rings. The molecule has 0 spiro atoms. The van der Waals surface area contributed by atoms with Crippen molar-refractivity contribution >= 4 is 46.6 Å². The number of carbonyl (C=O) groups excluding carboxylic acids is 3. The highest BCUT2D eigenvalue weighted by molar-refractivity contribution is 6.09. The van der Waals surface area contributed by atoms with Crippen LogP contribution in [0.5, 0.6) is 0 Å². The van der Waals surface area contributed by atoms with Crippen LogP contribution in [0.1, 0.15) is 60.5 Å². The number of aliphatic hydroxyl groups is 1. The summed E-state index contributed by atoms with van der Waals surface area (Å²) >= 11 is 0. The van der Waals surface area contributed by atoms with Gasteiger partial charge in [0.25, 0.3) is 5.91 Å². The lowest BCUT2D eigenvalue weighted by molar-refractivity contribution is -0.137. The van der Waals surface area contributed by atoms with Crippen LogP contribution in [0.2, 0.25) is 0 Å². The number of benzene rings is 3. The molecule has 0 heterocycles. The maximum atomic E-state index is 13.1. The SMILES string of the molecule is CCOC(=O)C=Cc1ccc(NC(=O)C(CO)NC(=O)c2ccc(C(=Nc3ccccc3)C3CCCCC3)c(N)c2)cc1. The molecule has 1 fully saturated rings. The number of aliphatic hydroxyl groups excluding tert-OH is 1. The fourth-order valence-electron chi connectivity index (χ4n) is 5.02. The van der Waals surface area contributed by atoms with Gasteiger partial charge in [0.1, 0.15) is 6.04 Å². The molecule has 1 aliphatic carbocycles. The standard InChI is InChI=1S/C34H38N4O5/c1-2-43-31(40)20-15-23-13-17-27(18-14-23)37-34(42)30(22-39)38-33(41)25-16-19-28(29(35)21-25)32(24-9-5-3-6-10-24)36-26-11-7-4-8-12-26/h4,7-8,11-21,24,30,39H,2-3,5-6,9-10,22,35H2,1H3,(H,37,42)(H,38,41). The number of anilines is 2. The van der Waals surface area contributed by atoms with Gasteiger partial charge in [-0.2, -0.15) is 0 Å². The van der Waals surface area contributed by atoms with Crippen LogP contribution in [-0.4, -0.2) is 47.9 Å². The van der Waals surface area contributed by atoms with Crippen LogP contribution < -0.4 is 16.4 Å². The van der Waals surface area contributed by atoms with E-state index in [0.29, 0.717) is 18.0 Å². The predicted molar refractivity (Wildman–Crippen MR) is 169 cm³/mol. The van der Waals surface area contributed by atoms with Gasteiger partial charge in [-0.25, -0.2) is 4.79 Å². The molecular formula is C34H38N4O5. The Morgan fingerprint density at radius 1 is 1.02 bits per heavy atom. The molecule has 9 heteroatoms.